The number of rotatable bonds is 7. The molecule has 1 aromatic carbocycles. The molecule has 1 unspecified atom stereocenters. The molecule has 8 heteroatoms. The number of carbonyl (C=O) groups excluding carboxylic acids is 2. The van der Waals surface area contributed by atoms with Gasteiger partial charge >= 0.3 is 5.97 Å². The summed E-state index contributed by atoms with van der Waals surface area (Å²) in [6.45, 7) is 3.93. The van der Waals surface area contributed by atoms with Gasteiger partial charge in [0.15, 0.2) is 5.16 Å². The van der Waals surface area contributed by atoms with Crippen LogP contribution < -0.4 is 10.9 Å². The van der Waals surface area contributed by atoms with Crippen LogP contribution in [0.2, 0.25) is 0 Å². The predicted molar refractivity (Wildman–Crippen MR) is 108 cm³/mol. The number of amides is 1. The summed E-state index contributed by atoms with van der Waals surface area (Å²) < 4.78 is 4.99. The van der Waals surface area contributed by atoms with E-state index in [1.54, 1.807) is 31.2 Å². The summed E-state index contributed by atoms with van der Waals surface area (Å²) in [6.07, 6.45) is 3.07. The molecule has 2 N–H and O–H groups in total. The lowest BCUT2D eigenvalue weighted by Crippen LogP contribution is -2.26. The number of benzene rings is 1. The molecule has 1 atom stereocenters. The second-order valence-corrected chi connectivity index (χ2v) is 7.65. The van der Waals surface area contributed by atoms with Crippen LogP contribution in [0.1, 0.15) is 48.3 Å². The number of nitrogens with zero attached hydrogens (tertiary/aromatic N) is 1. The maximum Gasteiger partial charge on any atom is 0.338 e. The number of H-pyrrole nitrogens is 1. The fourth-order valence-corrected chi connectivity index (χ4v) is 4.01. The molecule has 2 aromatic rings. The first-order chi connectivity index (χ1) is 13.5. The molecule has 1 aliphatic carbocycles. The van der Waals surface area contributed by atoms with Crippen LogP contribution >= 0.6 is 11.8 Å². The maximum absolute atomic E-state index is 12.7. The van der Waals surface area contributed by atoms with E-state index >= 15 is 0 Å². The third kappa shape index (κ3) is 4.62. The number of ether oxygens (including phenoxy) is 1. The Morgan fingerprint density at radius 2 is 2.14 bits per heavy atom. The molecule has 148 valence electrons. The second-order valence-electron chi connectivity index (χ2n) is 6.46. The lowest BCUT2D eigenvalue weighted by atomic mass is 10.2. The third-order valence-electron chi connectivity index (χ3n) is 4.48. The molecule has 0 bridgehead atoms. The summed E-state index contributed by atoms with van der Waals surface area (Å²) in [5.41, 5.74) is 2.39. The van der Waals surface area contributed by atoms with Crippen molar-refractivity contribution in [3.8, 4) is 0 Å². The minimum Gasteiger partial charge on any atom is -0.462 e. The molecular weight excluding hydrogens is 378 g/mol. The van der Waals surface area contributed by atoms with E-state index in [0.717, 1.165) is 30.5 Å². The van der Waals surface area contributed by atoms with Crippen LogP contribution in [-0.4, -0.2) is 33.7 Å². The van der Waals surface area contributed by atoms with Crippen molar-refractivity contribution in [2.24, 2.45) is 0 Å². The highest BCUT2D eigenvalue weighted by Crippen LogP contribution is 2.25. The Balaban J connectivity index is 1.71. The van der Waals surface area contributed by atoms with Crippen molar-refractivity contribution in [1.29, 1.82) is 0 Å². The Hall–Kier alpha value is -2.61. The van der Waals surface area contributed by atoms with Crippen molar-refractivity contribution < 1.29 is 14.3 Å². The number of anilines is 1. The molecule has 1 amide bonds. The zero-order valence-corrected chi connectivity index (χ0v) is 16.7. The van der Waals surface area contributed by atoms with Gasteiger partial charge in [0, 0.05) is 11.3 Å². The molecule has 0 saturated heterocycles. The number of aryl methyl sites for hydroxylation is 1. The first-order valence-corrected chi connectivity index (χ1v) is 10.3. The monoisotopic (exact) mass is 401 g/mol. The average Bonchev–Trinajstić information content (AvgIpc) is 3.15. The van der Waals surface area contributed by atoms with Crippen LogP contribution in [0.25, 0.3) is 0 Å². The highest BCUT2D eigenvalue weighted by molar-refractivity contribution is 8.00. The summed E-state index contributed by atoms with van der Waals surface area (Å²) in [7, 11) is 0. The third-order valence-corrected chi connectivity index (χ3v) is 5.73. The Morgan fingerprint density at radius 3 is 2.89 bits per heavy atom. The quantitative estimate of drug-likeness (QED) is 0.420. The van der Waals surface area contributed by atoms with Gasteiger partial charge < -0.3 is 15.0 Å². The summed E-state index contributed by atoms with van der Waals surface area (Å²) in [5, 5.41) is 2.87. The molecule has 1 aliphatic rings. The van der Waals surface area contributed by atoms with Crippen molar-refractivity contribution in [2.45, 2.75) is 49.9 Å². The van der Waals surface area contributed by atoms with Gasteiger partial charge in [-0.05, 0) is 50.8 Å². The molecule has 28 heavy (non-hydrogen) atoms. The Bertz CT molecular complexity index is 941. The van der Waals surface area contributed by atoms with Gasteiger partial charge in [0.2, 0.25) is 5.91 Å². The van der Waals surface area contributed by atoms with Crippen molar-refractivity contribution in [3.05, 3.63) is 51.4 Å². The molecule has 0 aliphatic heterocycles. The second kappa shape index (κ2) is 9.05. The maximum atomic E-state index is 12.7. The van der Waals surface area contributed by atoms with E-state index in [9.17, 15) is 14.4 Å². The normalized spacial score (nSPS) is 13.6. The number of aromatic amines is 1. The lowest BCUT2D eigenvalue weighted by Gasteiger charge is -2.15. The van der Waals surface area contributed by atoms with Crippen LogP contribution in [0.15, 0.2) is 34.2 Å². The summed E-state index contributed by atoms with van der Waals surface area (Å²) in [4.78, 5) is 44.0. The zero-order chi connectivity index (χ0) is 20.1. The molecule has 0 spiro atoms. The van der Waals surface area contributed by atoms with Crippen molar-refractivity contribution in [3.63, 3.8) is 0 Å². The smallest absolute Gasteiger partial charge is 0.338 e. The number of esters is 1. The van der Waals surface area contributed by atoms with Gasteiger partial charge in [-0.2, -0.15) is 0 Å². The van der Waals surface area contributed by atoms with Gasteiger partial charge in [0.05, 0.1) is 23.1 Å². The van der Waals surface area contributed by atoms with Crippen molar-refractivity contribution >= 4 is 29.3 Å². The number of aromatic nitrogens is 2. The van der Waals surface area contributed by atoms with Gasteiger partial charge in [-0.15, -0.1) is 0 Å². The largest absolute Gasteiger partial charge is 0.462 e. The fraction of sp³-hybridized carbons (Fsp3) is 0.400. The summed E-state index contributed by atoms with van der Waals surface area (Å²) >= 11 is 1.24. The van der Waals surface area contributed by atoms with E-state index in [0.29, 0.717) is 22.8 Å². The summed E-state index contributed by atoms with van der Waals surface area (Å²) in [6, 6.07) is 6.63. The fourth-order valence-electron chi connectivity index (χ4n) is 3.09. The van der Waals surface area contributed by atoms with E-state index in [-0.39, 0.29) is 18.1 Å². The molecule has 0 fully saturated rings. The molecule has 1 heterocycles. The van der Waals surface area contributed by atoms with Gasteiger partial charge in [0.25, 0.3) is 5.56 Å². The molecular formula is C20H23N3O4S. The van der Waals surface area contributed by atoms with E-state index in [1.807, 2.05) is 6.92 Å². The van der Waals surface area contributed by atoms with Crippen LogP contribution in [0.3, 0.4) is 0 Å². The topological polar surface area (TPSA) is 101 Å². The van der Waals surface area contributed by atoms with Crippen LogP contribution in [0.5, 0.6) is 0 Å². The number of carbonyl (C=O) groups is 2. The average molecular weight is 401 g/mol. The molecule has 7 nitrogen and oxygen atoms in total. The Morgan fingerprint density at radius 1 is 1.32 bits per heavy atom. The standard InChI is InChI=1S/C20H23N3O4S/c1-3-16(28-20-22-15-10-6-9-14(15)17(24)23-20)18(25)21-13-8-5-7-12(11-13)19(26)27-4-2/h5,7-8,11,16H,3-4,6,9-10H2,1-2H3,(H,21,25)(H,22,23,24). The number of hydrogen-bond donors (Lipinski definition) is 2. The number of thioether (sulfide) groups is 1. The van der Waals surface area contributed by atoms with Crippen LogP contribution in [0.4, 0.5) is 5.69 Å². The molecule has 0 radical (unpaired) electrons. The van der Waals surface area contributed by atoms with Crippen LogP contribution in [0, 0.1) is 0 Å². The van der Waals surface area contributed by atoms with E-state index in [4.69, 9.17) is 4.74 Å². The van der Waals surface area contributed by atoms with E-state index in [1.165, 1.54) is 11.8 Å². The minimum absolute atomic E-state index is 0.109. The Kier molecular flexibility index (Phi) is 6.51. The number of fused-ring (bicyclic) bond motifs is 1. The SMILES string of the molecule is CCOC(=O)c1cccc(NC(=O)C(CC)Sc2nc3c(c(=O)[nH]2)CCC3)c1. The first kappa shape index (κ1) is 20.1. The van der Waals surface area contributed by atoms with E-state index in [2.05, 4.69) is 15.3 Å². The lowest BCUT2D eigenvalue weighted by molar-refractivity contribution is -0.115. The Labute approximate surface area is 167 Å². The number of hydrogen-bond acceptors (Lipinski definition) is 6. The molecule has 3 rings (SSSR count). The highest BCUT2D eigenvalue weighted by Gasteiger charge is 2.22. The van der Waals surface area contributed by atoms with Crippen LogP contribution in [-0.2, 0) is 22.4 Å². The van der Waals surface area contributed by atoms with Gasteiger partial charge in [0.1, 0.15) is 0 Å². The van der Waals surface area contributed by atoms with Gasteiger partial charge in [-0.25, -0.2) is 9.78 Å². The highest BCUT2D eigenvalue weighted by atomic mass is 32.2. The first-order valence-electron chi connectivity index (χ1n) is 9.38. The molecule has 0 saturated carbocycles. The van der Waals surface area contributed by atoms with Gasteiger partial charge in [-0.1, -0.05) is 24.8 Å². The predicted octanol–water partition coefficient (Wildman–Crippen LogP) is 2.94. The van der Waals surface area contributed by atoms with Crippen molar-refractivity contribution in [2.75, 3.05) is 11.9 Å². The minimum atomic E-state index is -0.431. The number of nitrogens with one attached hydrogen (secondary N) is 2. The molecule has 1 aromatic heterocycles. The van der Waals surface area contributed by atoms with Crippen molar-refractivity contribution in [1.82, 2.24) is 9.97 Å². The summed E-state index contributed by atoms with van der Waals surface area (Å²) in [5.74, 6) is -0.642. The van der Waals surface area contributed by atoms with E-state index < -0.39 is 11.2 Å². The zero-order valence-electron chi connectivity index (χ0n) is 15.9. The van der Waals surface area contributed by atoms with Gasteiger partial charge in [-0.3, -0.25) is 9.59 Å².